The monoisotopic (exact) mass is 641 g/mol. The van der Waals surface area contributed by atoms with Gasteiger partial charge in [0.2, 0.25) is 21.8 Å². The van der Waals surface area contributed by atoms with Crippen molar-refractivity contribution >= 4 is 27.5 Å². The third-order valence-corrected chi connectivity index (χ3v) is 9.07. The summed E-state index contributed by atoms with van der Waals surface area (Å²) in [5, 5.41) is 3.05. The largest absolute Gasteiger partial charge is 0.489 e. The normalized spacial score (nSPS) is 12.5. The summed E-state index contributed by atoms with van der Waals surface area (Å²) < 4.78 is 33.2. The number of hydrogen-bond acceptors (Lipinski definition) is 5. The molecule has 0 fully saturated rings. The molecule has 0 aliphatic rings. The zero-order valence-corrected chi connectivity index (χ0v) is 27.7. The van der Waals surface area contributed by atoms with Crippen LogP contribution in [-0.2, 0) is 39.2 Å². The molecule has 2 unspecified atom stereocenters. The van der Waals surface area contributed by atoms with Crippen molar-refractivity contribution in [2.24, 2.45) is 0 Å². The number of carbonyl (C=O) groups is 2. The topological polar surface area (TPSA) is 96.0 Å². The van der Waals surface area contributed by atoms with Crippen molar-refractivity contribution in [3.63, 3.8) is 0 Å². The van der Waals surface area contributed by atoms with Gasteiger partial charge in [-0.1, -0.05) is 91.9 Å². The van der Waals surface area contributed by atoms with E-state index in [-0.39, 0.29) is 24.9 Å². The molecule has 0 aliphatic carbocycles. The van der Waals surface area contributed by atoms with Gasteiger partial charge in [-0.15, -0.1) is 0 Å². The minimum absolute atomic E-state index is 0.101. The average molecular weight is 642 g/mol. The van der Waals surface area contributed by atoms with E-state index in [4.69, 9.17) is 4.74 Å². The average Bonchev–Trinajstić information content (AvgIpc) is 3.05. The van der Waals surface area contributed by atoms with Crippen LogP contribution < -0.4 is 14.4 Å². The van der Waals surface area contributed by atoms with Crippen molar-refractivity contribution in [3.05, 3.63) is 131 Å². The molecule has 0 saturated heterocycles. The number of anilines is 1. The maximum Gasteiger partial charge on any atom is 0.244 e. The summed E-state index contributed by atoms with van der Waals surface area (Å²) in [5.41, 5.74) is 4.05. The van der Waals surface area contributed by atoms with Crippen LogP contribution in [0.3, 0.4) is 0 Å². The molecule has 0 bridgehead atoms. The van der Waals surface area contributed by atoms with Crippen molar-refractivity contribution in [1.29, 1.82) is 0 Å². The summed E-state index contributed by atoms with van der Waals surface area (Å²) in [6, 6.07) is 32.6. The highest BCUT2D eigenvalue weighted by Gasteiger charge is 2.33. The van der Waals surface area contributed by atoms with Crippen molar-refractivity contribution in [3.8, 4) is 5.75 Å². The lowest BCUT2D eigenvalue weighted by Gasteiger charge is -2.34. The predicted molar refractivity (Wildman–Crippen MR) is 183 cm³/mol. The van der Waals surface area contributed by atoms with E-state index in [1.807, 2.05) is 106 Å². The third-order valence-electron chi connectivity index (χ3n) is 7.93. The second kappa shape index (κ2) is 16.1. The summed E-state index contributed by atoms with van der Waals surface area (Å²) in [4.78, 5) is 29.7. The maximum absolute atomic E-state index is 14.3. The Kier molecular flexibility index (Phi) is 12.0. The molecule has 0 aliphatic heterocycles. The number of amides is 2. The first-order valence-corrected chi connectivity index (χ1v) is 17.3. The number of rotatable bonds is 15. The van der Waals surface area contributed by atoms with Gasteiger partial charge in [0.05, 0.1) is 11.9 Å². The van der Waals surface area contributed by atoms with Gasteiger partial charge in [-0.3, -0.25) is 13.9 Å². The fraction of sp³-hybridized carbons (Fsp3) is 0.297. The Bertz CT molecular complexity index is 1680. The molecule has 0 spiro atoms. The highest BCUT2D eigenvalue weighted by molar-refractivity contribution is 7.92. The van der Waals surface area contributed by atoms with Gasteiger partial charge < -0.3 is 15.0 Å². The number of benzene rings is 4. The lowest BCUT2D eigenvalue weighted by molar-refractivity contribution is -0.140. The van der Waals surface area contributed by atoms with Crippen LogP contribution in [0.2, 0.25) is 0 Å². The van der Waals surface area contributed by atoms with E-state index < -0.39 is 28.5 Å². The Morgan fingerprint density at radius 3 is 2.00 bits per heavy atom. The van der Waals surface area contributed by atoms with Gasteiger partial charge in [0.15, 0.2) is 0 Å². The Hall–Kier alpha value is -4.63. The first-order valence-electron chi connectivity index (χ1n) is 15.5. The van der Waals surface area contributed by atoms with E-state index in [0.29, 0.717) is 18.0 Å². The van der Waals surface area contributed by atoms with Crippen molar-refractivity contribution in [2.75, 3.05) is 17.1 Å². The number of aryl methyl sites for hydroxylation is 1. The molecule has 9 heteroatoms. The van der Waals surface area contributed by atoms with E-state index in [9.17, 15) is 18.0 Å². The van der Waals surface area contributed by atoms with Crippen LogP contribution in [0.15, 0.2) is 109 Å². The van der Waals surface area contributed by atoms with Crippen LogP contribution in [0, 0.1) is 6.92 Å². The van der Waals surface area contributed by atoms with Gasteiger partial charge in [0.25, 0.3) is 0 Å². The highest BCUT2D eigenvalue weighted by atomic mass is 32.2. The van der Waals surface area contributed by atoms with Crippen molar-refractivity contribution in [2.45, 2.75) is 58.8 Å². The molecule has 2 amide bonds. The van der Waals surface area contributed by atoms with E-state index in [2.05, 4.69) is 5.32 Å². The molecule has 242 valence electrons. The highest BCUT2D eigenvalue weighted by Crippen LogP contribution is 2.24. The molecule has 46 heavy (non-hydrogen) atoms. The lowest BCUT2D eigenvalue weighted by atomic mass is 10.0. The molecule has 0 aromatic heterocycles. The smallest absolute Gasteiger partial charge is 0.244 e. The third kappa shape index (κ3) is 9.68. The Balaban J connectivity index is 1.65. The fourth-order valence-corrected chi connectivity index (χ4v) is 5.88. The van der Waals surface area contributed by atoms with Gasteiger partial charge in [0.1, 0.15) is 24.9 Å². The first kappa shape index (κ1) is 34.2. The first-order chi connectivity index (χ1) is 22.0. The van der Waals surface area contributed by atoms with Crippen LogP contribution >= 0.6 is 0 Å². The summed E-state index contributed by atoms with van der Waals surface area (Å²) in [6.07, 6.45) is 2.07. The Morgan fingerprint density at radius 1 is 0.826 bits per heavy atom. The molecule has 4 aromatic rings. The molecule has 1 N–H and O–H groups in total. The van der Waals surface area contributed by atoms with Crippen molar-refractivity contribution < 1.29 is 22.7 Å². The Morgan fingerprint density at radius 2 is 1.41 bits per heavy atom. The zero-order valence-electron chi connectivity index (χ0n) is 26.9. The quantitative estimate of drug-likeness (QED) is 0.175. The van der Waals surface area contributed by atoms with Crippen LogP contribution in [0.1, 0.15) is 42.5 Å². The van der Waals surface area contributed by atoms with Gasteiger partial charge in [-0.2, -0.15) is 0 Å². The summed E-state index contributed by atoms with van der Waals surface area (Å²) in [6.45, 7) is 5.88. The zero-order chi connectivity index (χ0) is 33.1. The minimum Gasteiger partial charge on any atom is -0.489 e. The summed E-state index contributed by atoms with van der Waals surface area (Å²) in [7, 11) is -3.88. The number of ether oxygens (including phenoxy) is 1. The molecule has 4 aromatic carbocycles. The van der Waals surface area contributed by atoms with Gasteiger partial charge >= 0.3 is 0 Å². The molecular weight excluding hydrogens is 598 g/mol. The van der Waals surface area contributed by atoms with E-state index in [0.717, 1.165) is 39.2 Å². The molecular formula is C37H43N3O5S. The lowest BCUT2D eigenvalue weighted by Crippen LogP contribution is -2.54. The van der Waals surface area contributed by atoms with Crippen LogP contribution in [0.5, 0.6) is 5.75 Å². The summed E-state index contributed by atoms with van der Waals surface area (Å²) in [5.74, 6) is -0.206. The molecule has 0 heterocycles. The van der Waals surface area contributed by atoms with Crippen LogP contribution in [0.25, 0.3) is 0 Å². The minimum atomic E-state index is -3.88. The second-order valence-corrected chi connectivity index (χ2v) is 13.4. The molecule has 0 saturated carbocycles. The SMILES string of the molecule is CCC(C)NC(=O)C(Cc1ccccc1)N(Cc1ccccc1C)C(=O)CN(c1ccc(OCc2ccccc2)cc1)S(C)(=O)=O. The van der Waals surface area contributed by atoms with E-state index in [1.165, 1.54) is 4.90 Å². The fourth-order valence-electron chi connectivity index (χ4n) is 5.03. The predicted octanol–water partition coefficient (Wildman–Crippen LogP) is 5.89. The maximum atomic E-state index is 14.3. The molecule has 0 radical (unpaired) electrons. The van der Waals surface area contributed by atoms with Crippen LogP contribution in [-0.4, -0.2) is 50.0 Å². The van der Waals surface area contributed by atoms with Crippen molar-refractivity contribution in [1.82, 2.24) is 10.2 Å². The summed E-state index contributed by atoms with van der Waals surface area (Å²) >= 11 is 0. The van der Waals surface area contributed by atoms with Gasteiger partial charge in [0, 0.05) is 19.0 Å². The number of carbonyl (C=O) groups excluding carboxylic acids is 2. The number of sulfonamides is 1. The van der Waals surface area contributed by atoms with E-state index >= 15 is 0 Å². The second-order valence-electron chi connectivity index (χ2n) is 11.5. The van der Waals surface area contributed by atoms with Gasteiger partial charge in [-0.25, -0.2) is 8.42 Å². The number of hydrogen-bond donors (Lipinski definition) is 1. The van der Waals surface area contributed by atoms with Crippen LogP contribution in [0.4, 0.5) is 5.69 Å². The molecule has 4 rings (SSSR count). The number of nitrogens with one attached hydrogen (secondary N) is 1. The molecule has 8 nitrogen and oxygen atoms in total. The van der Waals surface area contributed by atoms with E-state index in [1.54, 1.807) is 24.3 Å². The number of nitrogens with zero attached hydrogens (tertiary/aromatic N) is 2. The standard InChI is InChI=1S/C37H43N3O5S/c1-5-29(3)38-37(42)35(24-30-15-8-6-9-16-30)39(25-32-19-13-12-14-28(32)2)36(41)26-40(46(4,43)44)33-20-22-34(23-21-33)45-27-31-17-10-7-11-18-31/h6-23,29,35H,5,24-27H2,1-4H3,(H,38,42). The molecule has 2 atom stereocenters. The van der Waals surface area contributed by atoms with Gasteiger partial charge in [-0.05, 0) is 66.8 Å². The Labute approximate surface area is 273 Å².